The molecule has 0 radical (unpaired) electrons. The molecule has 0 aromatic heterocycles. The molecular formula is C11H14F2O3. The highest BCUT2D eigenvalue weighted by molar-refractivity contribution is 5.36. The van der Waals surface area contributed by atoms with E-state index in [2.05, 4.69) is 0 Å². The molecule has 0 saturated carbocycles. The Kier molecular flexibility index (Phi) is 4.64. The van der Waals surface area contributed by atoms with Crippen molar-refractivity contribution in [3.63, 3.8) is 0 Å². The molecule has 1 aromatic carbocycles. The summed E-state index contributed by atoms with van der Waals surface area (Å²) in [6.45, 7) is -0.299. The first kappa shape index (κ1) is 12.9. The highest BCUT2D eigenvalue weighted by atomic mass is 19.2. The molecular weight excluding hydrogens is 218 g/mol. The van der Waals surface area contributed by atoms with E-state index in [1.807, 2.05) is 0 Å². The van der Waals surface area contributed by atoms with Crippen molar-refractivity contribution >= 4 is 0 Å². The standard InChI is InChI=1S/C11H14F2O3/c12-9-5-8(11(16)6-10(9)13)7(1-3-14)2-4-15/h5-7,14-16H,1-4H2. The second-order valence-corrected chi connectivity index (χ2v) is 3.55. The Morgan fingerprint density at radius 3 is 2.00 bits per heavy atom. The number of aliphatic hydroxyl groups is 2. The summed E-state index contributed by atoms with van der Waals surface area (Å²) in [5.74, 6) is -2.91. The minimum atomic E-state index is -1.12. The van der Waals surface area contributed by atoms with Crippen molar-refractivity contribution in [2.24, 2.45) is 0 Å². The number of hydrogen-bond acceptors (Lipinski definition) is 3. The first-order valence-electron chi connectivity index (χ1n) is 4.99. The van der Waals surface area contributed by atoms with Crippen LogP contribution in [0.5, 0.6) is 5.75 Å². The topological polar surface area (TPSA) is 60.7 Å². The van der Waals surface area contributed by atoms with Crippen LogP contribution in [0.15, 0.2) is 12.1 Å². The molecule has 3 N–H and O–H groups in total. The third-order valence-electron chi connectivity index (χ3n) is 2.46. The summed E-state index contributed by atoms with van der Waals surface area (Å²) in [6, 6.07) is 1.60. The summed E-state index contributed by atoms with van der Waals surface area (Å²) < 4.78 is 25.7. The lowest BCUT2D eigenvalue weighted by Crippen LogP contribution is -2.05. The Morgan fingerprint density at radius 1 is 1.00 bits per heavy atom. The van der Waals surface area contributed by atoms with Gasteiger partial charge in [0.1, 0.15) is 5.75 Å². The normalized spacial score (nSPS) is 11.1. The van der Waals surface area contributed by atoms with Crippen LogP contribution in [0.25, 0.3) is 0 Å². The summed E-state index contributed by atoms with van der Waals surface area (Å²) in [5, 5.41) is 27.1. The summed E-state index contributed by atoms with van der Waals surface area (Å²) in [5.41, 5.74) is 0.210. The zero-order valence-corrected chi connectivity index (χ0v) is 8.66. The molecule has 1 aromatic rings. The molecule has 90 valence electrons. The lowest BCUT2D eigenvalue weighted by Gasteiger charge is -2.16. The number of phenolic OH excluding ortho intramolecular Hbond substituents is 1. The van der Waals surface area contributed by atoms with E-state index >= 15 is 0 Å². The smallest absolute Gasteiger partial charge is 0.162 e. The maximum atomic E-state index is 13.0. The molecule has 0 bridgehead atoms. The van der Waals surface area contributed by atoms with Gasteiger partial charge in [0.15, 0.2) is 11.6 Å². The molecule has 5 heteroatoms. The summed E-state index contributed by atoms with van der Waals surface area (Å²) in [6.07, 6.45) is 0.554. The number of phenols is 1. The van der Waals surface area contributed by atoms with E-state index in [-0.39, 0.29) is 43.3 Å². The molecule has 16 heavy (non-hydrogen) atoms. The van der Waals surface area contributed by atoms with Crippen LogP contribution in [0.1, 0.15) is 24.3 Å². The lowest BCUT2D eigenvalue weighted by molar-refractivity contribution is 0.240. The molecule has 1 rings (SSSR count). The van der Waals surface area contributed by atoms with E-state index < -0.39 is 11.6 Å². The third-order valence-corrected chi connectivity index (χ3v) is 2.46. The number of aliphatic hydroxyl groups excluding tert-OH is 2. The van der Waals surface area contributed by atoms with E-state index in [0.717, 1.165) is 6.07 Å². The van der Waals surface area contributed by atoms with Crippen molar-refractivity contribution in [2.75, 3.05) is 13.2 Å². The van der Waals surface area contributed by atoms with Crippen LogP contribution in [0.4, 0.5) is 8.78 Å². The van der Waals surface area contributed by atoms with E-state index in [0.29, 0.717) is 6.07 Å². The highest BCUT2D eigenvalue weighted by Gasteiger charge is 2.17. The van der Waals surface area contributed by atoms with Gasteiger partial charge in [-0.3, -0.25) is 0 Å². The van der Waals surface area contributed by atoms with Gasteiger partial charge in [0, 0.05) is 24.8 Å². The van der Waals surface area contributed by atoms with Gasteiger partial charge in [-0.25, -0.2) is 8.78 Å². The van der Waals surface area contributed by atoms with Crippen molar-refractivity contribution in [3.05, 3.63) is 29.3 Å². The maximum Gasteiger partial charge on any atom is 0.162 e. The summed E-state index contributed by atoms with van der Waals surface area (Å²) in [7, 11) is 0. The van der Waals surface area contributed by atoms with E-state index in [1.165, 1.54) is 0 Å². The number of halogens is 2. The van der Waals surface area contributed by atoms with Gasteiger partial charge in [-0.2, -0.15) is 0 Å². The second kappa shape index (κ2) is 5.77. The number of hydrogen-bond donors (Lipinski definition) is 3. The Balaban J connectivity index is 3.03. The zero-order chi connectivity index (χ0) is 12.1. The zero-order valence-electron chi connectivity index (χ0n) is 8.66. The largest absolute Gasteiger partial charge is 0.508 e. The second-order valence-electron chi connectivity index (χ2n) is 3.55. The summed E-state index contributed by atoms with van der Waals surface area (Å²) >= 11 is 0. The predicted octanol–water partition coefficient (Wildman–Crippen LogP) is 1.52. The molecule has 0 unspecified atom stereocenters. The van der Waals surface area contributed by atoms with Gasteiger partial charge >= 0.3 is 0 Å². The Labute approximate surface area is 92.0 Å². The quantitative estimate of drug-likeness (QED) is 0.721. The fourth-order valence-electron chi connectivity index (χ4n) is 1.65. The molecule has 0 amide bonds. The summed E-state index contributed by atoms with van der Waals surface area (Å²) in [4.78, 5) is 0. The van der Waals surface area contributed by atoms with Crippen molar-refractivity contribution < 1.29 is 24.1 Å². The molecule has 0 fully saturated rings. The fourth-order valence-corrected chi connectivity index (χ4v) is 1.65. The first-order valence-corrected chi connectivity index (χ1v) is 4.99. The van der Waals surface area contributed by atoms with E-state index in [1.54, 1.807) is 0 Å². The Hall–Kier alpha value is -1.20. The minimum absolute atomic E-state index is 0.150. The SMILES string of the molecule is OCCC(CCO)c1cc(F)c(F)cc1O. The van der Waals surface area contributed by atoms with Crippen LogP contribution in [0.3, 0.4) is 0 Å². The molecule has 0 saturated heterocycles. The average Bonchev–Trinajstić information content (AvgIpc) is 2.23. The maximum absolute atomic E-state index is 13.0. The molecule has 0 aliphatic carbocycles. The number of aromatic hydroxyl groups is 1. The van der Waals surface area contributed by atoms with Gasteiger partial charge in [0.2, 0.25) is 0 Å². The van der Waals surface area contributed by atoms with Crippen molar-refractivity contribution in [1.29, 1.82) is 0 Å². The van der Waals surface area contributed by atoms with E-state index in [9.17, 15) is 13.9 Å². The highest BCUT2D eigenvalue weighted by Crippen LogP contribution is 2.32. The minimum Gasteiger partial charge on any atom is -0.508 e. The van der Waals surface area contributed by atoms with Gasteiger partial charge in [0.05, 0.1) is 0 Å². The predicted molar refractivity (Wildman–Crippen MR) is 54.2 cm³/mol. The van der Waals surface area contributed by atoms with Gasteiger partial charge in [-0.15, -0.1) is 0 Å². The first-order chi connectivity index (χ1) is 7.60. The monoisotopic (exact) mass is 232 g/mol. The number of benzene rings is 1. The molecule has 3 nitrogen and oxygen atoms in total. The van der Waals surface area contributed by atoms with Crippen LogP contribution in [-0.4, -0.2) is 28.5 Å². The van der Waals surface area contributed by atoms with Gasteiger partial charge in [-0.05, 0) is 24.8 Å². The van der Waals surface area contributed by atoms with Crippen molar-refractivity contribution in [2.45, 2.75) is 18.8 Å². The third kappa shape index (κ3) is 2.90. The van der Waals surface area contributed by atoms with Crippen LogP contribution in [0, 0.1) is 11.6 Å². The van der Waals surface area contributed by atoms with Crippen LogP contribution in [-0.2, 0) is 0 Å². The molecule has 0 atom stereocenters. The molecule has 0 aliphatic heterocycles. The molecule has 0 aliphatic rings. The van der Waals surface area contributed by atoms with Crippen LogP contribution >= 0.6 is 0 Å². The number of rotatable bonds is 5. The van der Waals surface area contributed by atoms with Crippen molar-refractivity contribution in [3.8, 4) is 5.75 Å². The Bertz CT molecular complexity index is 349. The lowest BCUT2D eigenvalue weighted by atomic mass is 9.92. The fraction of sp³-hybridized carbons (Fsp3) is 0.455. The van der Waals surface area contributed by atoms with Gasteiger partial charge in [-0.1, -0.05) is 0 Å². The van der Waals surface area contributed by atoms with E-state index in [4.69, 9.17) is 10.2 Å². The van der Waals surface area contributed by atoms with Crippen LogP contribution in [0.2, 0.25) is 0 Å². The average molecular weight is 232 g/mol. The van der Waals surface area contributed by atoms with Gasteiger partial charge in [0.25, 0.3) is 0 Å². The molecule has 0 heterocycles. The van der Waals surface area contributed by atoms with Crippen LogP contribution < -0.4 is 0 Å². The Morgan fingerprint density at radius 2 is 1.50 bits per heavy atom. The van der Waals surface area contributed by atoms with Crippen molar-refractivity contribution in [1.82, 2.24) is 0 Å². The van der Waals surface area contributed by atoms with Gasteiger partial charge < -0.3 is 15.3 Å². The molecule has 0 spiro atoms.